The van der Waals surface area contributed by atoms with Gasteiger partial charge in [0, 0.05) is 0 Å². The molecule has 0 bridgehead atoms. The molecule has 1 N–H and O–H groups in total. The number of carbonyl (C=O) groups excluding carboxylic acids is 1. The van der Waals surface area contributed by atoms with E-state index in [1.807, 2.05) is 0 Å². The van der Waals surface area contributed by atoms with Gasteiger partial charge in [-0.25, -0.2) is 0 Å². The molecule has 0 fully saturated rings. The van der Waals surface area contributed by atoms with E-state index >= 15 is 0 Å². The molecule has 2 aromatic rings. The predicted octanol–water partition coefficient (Wildman–Crippen LogP) is 3.04. The quantitative estimate of drug-likeness (QED) is 0.848. The Morgan fingerprint density at radius 1 is 1.11 bits per heavy atom. The fraction of sp³-hybridized carbons (Fsp3) is 0. The van der Waals surface area contributed by atoms with E-state index in [1.165, 1.54) is 38.6 Å². The summed E-state index contributed by atoms with van der Waals surface area (Å²) >= 11 is 7.01. The zero-order valence-corrected chi connectivity index (χ0v) is 11.8. The minimum atomic E-state index is -0.776. The molecule has 2 nitrogen and oxygen atoms in total. The van der Waals surface area contributed by atoms with Crippen molar-refractivity contribution < 1.29 is 34.0 Å². The van der Waals surface area contributed by atoms with Crippen LogP contribution < -0.4 is 9.18 Å². The Morgan fingerprint density at radius 3 is 2.37 bits per heavy atom. The van der Waals surface area contributed by atoms with Crippen LogP contribution in [0.5, 0.6) is 0 Å². The molecule has 0 heterocycles. The van der Waals surface area contributed by atoms with Crippen LogP contribution in [0.15, 0.2) is 36.4 Å². The van der Waals surface area contributed by atoms with Gasteiger partial charge in [0.1, 0.15) is 0 Å². The first-order valence-corrected chi connectivity index (χ1v) is 6.41. The molecule has 0 radical (unpaired) electrons. The molecule has 0 spiro atoms. The number of amides is 1. The average Bonchev–Trinajstić information content (AvgIpc) is 2.40. The Labute approximate surface area is 125 Å². The SMILES string of the molecule is O=C(Nc1ccc(F)[c]([Ti])c1F)c1ccc(Cl)cc1. The van der Waals surface area contributed by atoms with E-state index in [-0.39, 0.29) is 9.56 Å². The van der Waals surface area contributed by atoms with E-state index in [1.54, 1.807) is 12.1 Å². The molecule has 0 aliphatic carbocycles. The van der Waals surface area contributed by atoms with Crippen LogP contribution >= 0.6 is 11.6 Å². The van der Waals surface area contributed by atoms with Crippen molar-refractivity contribution in [3.05, 3.63) is 58.6 Å². The van der Waals surface area contributed by atoms with Gasteiger partial charge in [-0.15, -0.1) is 0 Å². The van der Waals surface area contributed by atoms with Crippen LogP contribution in [-0.2, 0) is 20.4 Å². The van der Waals surface area contributed by atoms with E-state index in [0.29, 0.717) is 10.6 Å². The maximum absolute atomic E-state index is 13.7. The second kappa shape index (κ2) is 5.82. The third-order valence-corrected chi connectivity index (χ3v) is 3.41. The van der Waals surface area contributed by atoms with Gasteiger partial charge in [-0.1, -0.05) is 0 Å². The molecule has 0 atom stereocenters. The van der Waals surface area contributed by atoms with Crippen molar-refractivity contribution >= 4 is 27.1 Å². The summed E-state index contributed by atoms with van der Waals surface area (Å²) in [6.07, 6.45) is 0. The Balaban J connectivity index is 2.24. The number of anilines is 1. The summed E-state index contributed by atoms with van der Waals surface area (Å²) in [6, 6.07) is 8.45. The monoisotopic (exact) mass is 314 g/mol. The zero-order valence-electron chi connectivity index (χ0n) is 9.51. The predicted molar refractivity (Wildman–Crippen MR) is 65.4 cm³/mol. The summed E-state index contributed by atoms with van der Waals surface area (Å²) in [7, 11) is 0. The molecule has 19 heavy (non-hydrogen) atoms. The first kappa shape index (κ1) is 14.2. The van der Waals surface area contributed by atoms with Crippen LogP contribution in [0.4, 0.5) is 14.5 Å². The summed E-state index contributed by atoms with van der Waals surface area (Å²) in [4.78, 5) is 11.9. The van der Waals surface area contributed by atoms with Gasteiger partial charge in [-0.2, -0.15) is 0 Å². The average molecular weight is 315 g/mol. The summed E-state index contributed by atoms with van der Waals surface area (Å²) in [5.41, 5.74) is 0.282. The van der Waals surface area contributed by atoms with Crippen molar-refractivity contribution in [2.45, 2.75) is 0 Å². The van der Waals surface area contributed by atoms with E-state index in [4.69, 9.17) is 11.6 Å². The number of hydrogen-bond donors (Lipinski definition) is 1. The summed E-state index contributed by atoms with van der Waals surface area (Å²) in [5, 5.41) is 2.89. The molecule has 95 valence electrons. The van der Waals surface area contributed by atoms with Gasteiger partial charge in [-0.3, -0.25) is 0 Å². The van der Waals surface area contributed by atoms with Crippen molar-refractivity contribution in [3.63, 3.8) is 0 Å². The molecular formula is C13H7ClF2NOTi. The van der Waals surface area contributed by atoms with Crippen molar-refractivity contribution in [2.24, 2.45) is 0 Å². The Bertz CT molecular complexity index is 631. The van der Waals surface area contributed by atoms with Crippen molar-refractivity contribution in [3.8, 4) is 0 Å². The number of benzene rings is 2. The van der Waals surface area contributed by atoms with Crippen LogP contribution in [0.25, 0.3) is 0 Å². The Kier molecular flexibility index (Phi) is 4.35. The fourth-order valence-corrected chi connectivity index (χ4v) is 1.91. The second-order valence-corrected chi connectivity index (χ2v) is 4.96. The third-order valence-electron chi connectivity index (χ3n) is 2.45. The normalized spacial score (nSPS) is 10.2. The van der Waals surface area contributed by atoms with Gasteiger partial charge in [0.25, 0.3) is 0 Å². The number of carbonyl (C=O) groups is 1. The Hall–Kier alpha value is -1.23. The molecule has 0 aliphatic rings. The van der Waals surface area contributed by atoms with Gasteiger partial charge in [-0.05, 0) is 0 Å². The molecule has 0 aliphatic heterocycles. The van der Waals surface area contributed by atoms with Crippen molar-refractivity contribution in [1.82, 2.24) is 0 Å². The van der Waals surface area contributed by atoms with E-state index in [2.05, 4.69) is 5.32 Å². The van der Waals surface area contributed by atoms with Gasteiger partial charge in [0.05, 0.1) is 0 Å². The van der Waals surface area contributed by atoms with E-state index < -0.39 is 17.5 Å². The molecule has 1 amide bonds. The van der Waals surface area contributed by atoms with Crippen molar-refractivity contribution in [2.75, 3.05) is 5.32 Å². The van der Waals surface area contributed by atoms with Gasteiger partial charge >= 0.3 is 125 Å². The minimum absolute atomic E-state index is 0.0566. The van der Waals surface area contributed by atoms with Crippen LogP contribution in [0.3, 0.4) is 0 Å². The maximum atomic E-state index is 13.7. The molecule has 2 aromatic carbocycles. The number of halogens is 3. The summed E-state index contributed by atoms with van der Waals surface area (Å²) in [5.74, 6) is -1.91. The summed E-state index contributed by atoms with van der Waals surface area (Å²) < 4.78 is 26.7. The van der Waals surface area contributed by atoms with Crippen LogP contribution in [-0.4, -0.2) is 5.91 Å². The van der Waals surface area contributed by atoms with Crippen LogP contribution in [0.1, 0.15) is 10.4 Å². The van der Waals surface area contributed by atoms with Gasteiger partial charge < -0.3 is 0 Å². The molecular weight excluding hydrogens is 307 g/mol. The third kappa shape index (κ3) is 3.21. The molecule has 0 aromatic heterocycles. The van der Waals surface area contributed by atoms with Crippen LogP contribution in [0, 0.1) is 11.6 Å². The fourth-order valence-electron chi connectivity index (χ4n) is 1.44. The number of nitrogens with one attached hydrogen (secondary N) is 1. The van der Waals surface area contributed by atoms with Gasteiger partial charge in [0.15, 0.2) is 0 Å². The van der Waals surface area contributed by atoms with E-state index in [9.17, 15) is 13.6 Å². The zero-order chi connectivity index (χ0) is 14.0. The molecule has 0 saturated heterocycles. The summed E-state index contributed by atoms with van der Waals surface area (Å²) in [6.45, 7) is 0. The first-order valence-electron chi connectivity index (χ1n) is 5.25. The first-order chi connectivity index (χ1) is 8.99. The van der Waals surface area contributed by atoms with E-state index in [0.717, 1.165) is 6.07 Å². The number of hydrogen-bond acceptors (Lipinski definition) is 1. The number of rotatable bonds is 2. The molecule has 0 unspecified atom stereocenters. The van der Waals surface area contributed by atoms with Crippen molar-refractivity contribution in [1.29, 1.82) is 0 Å². The molecule has 6 heteroatoms. The van der Waals surface area contributed by atoms with Crippen LogP contribution in [0.2, 0.25) is 5.02 Å². The second-order valence-electron chi connectivity index (χ2n) is 3.74. The topological polar surface area (TPSA) is 29.1 Å². The van der Waals surface area contributed by atoms with Gasteiger partial charge in [0.2, 0.25) is 0 Å². The molecule has 0 saturated carbocycles. The molecule has 2 rings (SSSR count). The standard InChI is InChI=1S/C13H7ClF2NO.Ti/c14-9-3-1-8(2-4-9)13(18)17-12-6-5-10(15)7-11(12)16;/h1-6H,(H,17,18);. The Morgan fingerprint density at radius 2 is 1.74 bits per heavy atom.